The van der Waals surface area contributed by atoms with E-state index in [9.17, 15) is 22.4 Å². The topological polar surface area (TPSA) is 48.5 Å². The lowest BCUT2D eigenvalue weighted by Gasteiger charge is -2.36. The molecule has 3 aromatic rings. The van der Waals surface area contributed by atoms with Crippen molar-refractivity contribution >= 4 is 33.8 Å². The Bertz CT molecular complexity index is 1080. The summed E-state index contributed by atoms with van der Waals surface area (Å²) in [6.45, 7) is 1.78. The molecule has 1 N–H and O–H groups in total. The number of amides is 1. The van der Waals surface area contributed by atoms with Gasteiger partial charge in [0, 0.05) is 42.9 Å². The number of nitrogens with zero attached hydrogens (tertiary/aromatic N) is 3. The van der Waals surface area contributed by atoms with E-state index in [2.05, 4.69) is 10.3 Å². The van der Waals surface area contributed by atoms with Crippen molar-refractivity contribution in [3.05, 3.63) is 71.0 Å². The first kappa shape index (κ1) is 22.1. The van der Waals surface area contributed by atoms with Gasteiger partial charge in [0.15, 0.2) is 5.13 Å². The number of halogens is 4. The third-order valence-electron chi connectivity index (χ3n) is 5.15. The predicted octanol–water partition coefficient (Wildman–Crippen LogP) is 4.94. The summed E-state index contributed by atoms with van der Waals surface area (Å²) >= 11 is 1.35. The van der Waals surface area contributed by atoms with Gasteiger partial charge in [-0.15, -0.1) is 11.3 Å². The molecule has 2 aromatic carbocycles. The minimum atomic E-state index is -4.38. The third kappa shape index (κ3) is 5.37. The first-order chi connectivity index (χ1) is 15.3. The van der Waals surface area contributed by atoms with Crippen molar-refractivity contribution in [1.82, 2.24) is 9.88 Å². The number of thiazole rings is 1. The molecule has 0 unspecified atom stereocenters. The van der Waals surface area contributed by atoms with Gasteiger partial charge in [-0.2, -0.15) is 13.2 Å². The molecule has 4 rings (SSSR count). The second-order valence-electron chi connectivity index (χ2n) is 7.37. The van der Waals surface area contributed by atoms with Gasteiger partial charge in [-0.05, 0) is 42.5 Å². The summed E-state index contributed by atoms with van der Waals surface area (Å²) in [5, 5.41) is 5.47. The quantitative estimate of drug-likeness (QED) is 0.544. The Morgan fingerprint density at radius 1 is 1.06 bits per heavy atom. The van der Waals surface area contributed by atoms with Gasteiger partial charge < -0.3 is 15.1 Å². The number of rotatable bonds is 5. The highest BCUT2D eigenvalue weighted by molar-refractivity contribution is 7.13. The Morgan fingerprint density at radius 3 is 2.47 bits per heavy atom. The van der Waals surface area contributed by atoms with Gasteiger partial charge in [-0.3, -0.25) is 4.79 Å². The summed E-state index contributed by atoms with van der Waals surface area (Å²) in [6, 6.07) is 11.1. The number of hydrogen-bond acceptors (Lipinski definition) is 5. The molecule has 168 valence electrons. The molecule has 1 aliphatic heterocycles. The van der Waals surface area contributed by atoms with Crippen molar-refractivity contribution in [3.8, 4) is 0 Å². The van der Waals surface area contributed by atoms with E-state index in [1.54, 1.807) is 28.5 Å². The predicted molar refractivity (Wildman–Crippen MR) is 116 cm³/mol. The van der Waals surface area contributed by atoms with E-state index in [1.807, 2.05) is 4.90 Å². The molecule has 1 amide bonds. The van der Waals surface area contributed by atoms with E-state index in [4.69, 9.17) is 0 Å². The molecule has 1 aromatic heterocycles. The number of nitrogens with one attached hydrogen (secondary N) is 1. The van der Waals surface area contributed by atoms with Crippen LogP contribution >= 0.6 is 11.3 Å². The number of piperazine rings is 1. The second kappa shape index (κ2) is 9.15. The van der Waals surface area contributed by atoms with Crippen LogP contribution in [0.5, 0.6) is 0 Å². The molecular formula is C22H20F4N4OS. The van der Waals surface area contributed by atoms with Crippen LogP contribution in [-0.2, 0) is 17.4 Å². The van der Waals surface area contributed by atoms with Crippen LogP contribution in [0, 0.1) is 5.82 Å². The zero-order chi connectivity index (χ0) is 22.7. The summed E-state index contributed by atoms with van der Waals surface area (Å²) in [5.41, 5.74) is 1.15. The first-order valence-electron chi connectivity index (χ1n) is 9.95. The smallest absolute Gasteiger partial charge is 0.368 e. The number of alkyl halides is 3. The van der Waals surface area contributed by atoms with Crippen molar-refractivity contribution in [1.29, 1.82) is 0 Å². The fourth-order valence-corrected chi connectivity index (χ4v) is 4.19. The van der Waals surface area contributed by atoms with Crippen LogP contribution in [0.1, 0.15) is 11.3 Å². The highest BCUT2D eigenvalue weighted by atomic mass is 32.1. The Hall–Kier alpha value is -3.14. The minimum absolute atomic E-state index is 0.0766. The molecule has 1 saturated heterocycles. The molecule has 1 fully saturated rings. The van der Waals surface area contributed by atoms with Gasteiger partial charge in [0.1, 0.15) is 5.82 Å². The average molecular weight is 464 g/mol. The van der Waals surface area contributed by atoms with Gasteiger partial charge in [-0.1, -0.05) is 6.07 Å². The van der Waals surface area contributed by atoms with Crippen LogP contribution in [0.4, 0.5) is 34.1 Å². The number of anilines is 3. The van der Waals surface area contributed by atoms with Crippen LogP contribution in [0.2, 0.25) is 0 Å². The molecule has 0 spiro atoms. The zero-order valence-corrected chi connectivity index (χ0v) is 17.7. The molecule has 0 aliphatic carbocycles. The fraction of sp³-hybridized carbons (Fsp3) is 0.273. The van der Waals surface area contributed by atoms with E-state index >= 15 is 0 Å². The third-order valence-corrected chi connectivity index (χ3v) is 5.96. The number of hydrogen-bond donors (Lipinski definition) is 1. The largest absolute Gasteiger partial charge is 0.416 e. The molecule has 2 heterocycles. The van der Waals surface area contributed by atoms with Crippen LogP contribution in [0.3, 0.4) is 0 Å². The lowest BCUT2D eigenvalue weighted by Crippen LogP contribution is -2.49. The zero-order valence-electron chi connectivity index (χ0n) is 16.9. The van der Waals surface area contributed by atoms with E-state index in [-0.39, 0.29) is 18.1 Å². The number of carbonyl (C=O) groups is 1. The van der Waals surface area contributed by atoms with Crippen LogP contribution in [0.15, 0.2) is 53.9 Å². The minimum Gasteiger partial charge on any atom is -0.368 e. The van der Waals surface area contributed by atoms with E-state index in [0.717, 1.165) is 12.1 Å². The fourth-order valence-electron chi connectivity index (χ4n) is 3.46. The summed E-state index contributed by atoms with van der Waals surface area (Å²) in [6.07, 6.45) is -4.24. The maximum Gasteiger partial charge on any atom is 0.416 e. The number of aromatic nitrogens is 1. The first-order valence-corrected chi connectivity index (χ1v) is 10.8. The van der Waals surface area contributed by atoms with Crippen molar-refractivity contribution in [3.63, 3.8) is 0 Å². The summed E-state index contributed by atoms with van der Waals surface area (Å²) in [7, 11) is 0. The van der Waals surface area contributed by atoms with Crippen LogP contribution in [-0.4, -0.2) is 42.0 Å². The summed E-state index contributed by atoms with van der Waals surface area (Å²) in [4.78, 5) is 20.6. The molecule has 10 heteroatoms. The molecule has 32 heavy (non-hydrogen) atoms. The Balaban J connectivity index is 1.30. The van der Waals surface area contributed by atoms with Crippen molar-refractivity contribution in [2.75, 3.05) is 36.4 Å². The lowest BCUT2D eigenvalue weighted by molar-refractivity contribution is -0.137. The number of carbonyl (C=O) groups excluding carboxylic acids is 1. The van der Waals surface area contributed by atoms with Crippen LogP contribution < -0.4 is 10.2 Å². The Kier molecular flexibility index (Phi) is 6.31. The Labute approximate surface area is 186 Å². The SMILES string of the molecule is O=C(Cc1csc(Nc2ccc(F)cc2)n1)N1CCN(c2cccc(C(F)(F)F)c2)CC1. The molecule has 0 atom stereocenters. The van der Waals surface area contributed by atoms with Crippen molar-refractivity contribution in [2.45, 2.75) is 12.6 Å². The van der Waals surface area contributed by atoms with Crippen molar-refractivity contribution in [2.24, 2.45) is 0 Å². The van der Waals surface area contributed by atoms with Gasteiger partial charge in [0.25, 0.3) is 0 Å². The van der Waals surface area contributed by atoms with Gasteiger partial charge in [0.2, 0.25) is 5.91 Å². The number of benzene rings is 2. The van der Waals surface area contributed by atoms with Gasteiger partial charge in [0.05, 0.1) is 17.7 Å². The Morgan fingerprint density at radius 2 is 1.78 bits per heavy atom. The van der Waals surface area contributed by atoms with Crippen LogP contribution in [0.25, 0.3) is 0 Å². The molecule has 0 saturated carbocycles. The summed E-state index contributed by atoms with van der Waals surface area (Å²) in [5.74, 6) is -0.401. The van der Waals surface area contributed by atoms with Crippen molar-refractivity contribution < 1.29 is 22.4 Å². The molecule has 0 bridgehead atoms. The maximum atomic E-state index is 13.0. The van der Waals surface area contributed by atoms with E-state index in [0.29, 0.717) is 48.4 Å². The molecule has 1 aliphatic rings. The maximum absolute atomic E-state index is 13.0. The molecule has 5 nitrogen and oxygen atoms in total. The summed E-state index contributed by atoms with van der Waals surface area (Å²) < 4.78 is 51.9. The average Bonchev–Trinajstić information content (AvgIpc) is 3.21. The lowest BCUT2D eigenvalue weighted by atomic mass is 10.1. The monoisotopic (exact) mass is 464 g/mol. The second-order valence-corrected chi connectivity index (χ2v) is 8.23. The standard InChI is InChI=1S/C22H20F4N4OS/c23-16-4-6-17(7-5-16)27-21-28-18(14-32-21)13-20(31)30-10-8-29(9-11-30)19-3-1-2-15(12-19)22(24,25)26/h1-7,12,14H,8-11,13H2,(H,27,28). The highest BCUT2D eigenvalue weighted by Gasteiger charge is 2.31. The molecular weight excluding hydrogens is 444 g/mol. The van der Waals surface area contributed by atoms with Gasteiger partial charge >= 0.3 is 6.18 Å². The van der Waals surface area contributed by atoms with E-state index in [1.165, 1.54) is 29.5 Å². The normalized spacial score (nSPS) is 14.5. The van der Waals surface area contributed by atoms with Gasteiger partial charge in [-0.25, -0.2) is 9.37 Å². The van der Waals surface area contributed by atoms with E-state index < -0.39 is 11.7 Å². The highest BCUT2D eigenvalue weighted by Crippen LogP contribution is 2.32. The molecule has 0 radical (unpaired) electrons.